The normalized spacial score (nSPS) is 12.6. The number of carbonyl (C=O) groups is 1. The van der Waals surface area contributed by atoms with Crippen molar-refractivity contribution in [2.24, 2.45) is 5.73 Å². The Kier molecular flexibility index (Phi) is 6.52. The predicted octanol–water partition coefficient (Wildman–Crippen LogP) is 0.741. The third-order valence-corrected chi connectivity index (χ3v) is 3.00. The summed E-state index contributed by atoms with van der Waals surface area (Å²) in [4.78, 5) is 28.4. The first-order chi connectivity index (χ1) is 7.79. The third-order valence-electron chi connectivity index (χ3n) is 2.25. The molecule has 0 aliphatic carbocycles. The molecular weight excluding hydrogens is 281 g/mol. The topological polar surface area (TPSA) is 121 Å². The molecule has 1 atom stereocenters. The number of hydrogen-bond donors (Lipinski definition) is 4. The van der Waals surface area contributed by atoms with Gasteiger partial charge in [-0.2, -0.15) is 0 Å². The van der Waals surface area contributed by atoms with Gasteiger partial charge in [-0.15, -0.1) is 12.4 Å². The van der Waals surface area contributed by atoms with Crippen molar-refractivity contribution < 1.29 is 24.3 Å². The van der Waals surface area contributed by atoms with Gasteiger partial charge in [0.1, 0.15) is 6.04 Å². The molecule has 5 N–H and O–H groups in total. The van der Waals surface area contributed by atoms with Crippen molar-refractivity contribution in [1.82, 2.24) is 0 Å². The molecule has 0 amide bonds. The van der Waals surface area contributed by atoms with Crippen LogP contribution in [0.2, 0.25) is 0 Å². The summed E-state index contributed by atoms with van der Waals surface area (Å²) in [6.07, 6.45) is -0.360. The highest BCUT2D eigenvalue weighted by atomic mass is 35.5. The van der Waals surface area contributed by atoms with E-state index in [0.29, 0.717) is 11.1 Å². The molecule has 0 saturated heterocycles. The minimum absolute atomic E-state index is 0. The molecule has 0 radical (unpaired) electrons. The first-order valence-electron chi connectivity index (χ1n) is 4.89. The second-order valence-corrected chi connectivity index (χ2v) is 5.39. The SMILES string of the molecule is Cl.NC(Cc1ccccc1CP(=O)(O)O)C(=O)O. The van der Waals surface area contributed by atoms with E-state index in [0.717, 1.165) is 0 Å². The number of rotatable bonds is 5. The van der Waals surface area contributed by atoms with E-state index >= 15 is 0 Å². The predicted molar refractivity (Wildman–Crippen MR) is 68.8 cm³/mol. The van der Waals surface area contributed by atoms with Gasteiger partial charge in [-0.3, -0.25) is 9.36 Å². The van der Waals surface area contributed by atoms with Gasteiger partial charge in [0, 0.05) is 0 Å². The average molecular weight is 296 g/mol. The second kappa shape index (κ2) is 6.87. The molecule has 1 unspecified atom stereocenters. The van der Waals surface area contributed by atoms with Crippen molar-refractivity contribution in [2.75, 3.05) is 0 Å². The summed E-state index contributed by atoms with van der Waals surface area (Å²) in [6.45, 7) is 0. The lowest BCUT2D eigenvalue weighted by molar-refractivity contribution is -0.138. The van der Waals surface area contributed by atoms with Crippen LogP contribution in [0.25, 0.3) is 0 Å². The molecule has 0 heterocycles. The van der Waals surface area contributed by atoms with Crippen LogP contribution in [-0.4, -0.2) is 26.9 Å². The van der Waals surface area contributed by atoms with E-state index in [-0.39, 0.29) is 18.8 Å². The molecule has 1 rings (SSSR count). The first kappa shape index (κ1) is 17.1. The first-order valence-corrected chi connectivity index (χ1v) is 6.69. The Morgan fingerprint density at radius 1 is 1.28 bits per heavy atom. The number of hydrogen-bond acceptors (Lipinski definition) is 3. The maximum absolute atomic E-state index is 10.9. The van der Waals surface area contributed by atoms with Crippen LogP contribution in [0.3, 0.4) is 0 Å². The van der Waals surface area contributed by atoms with Crippen molar-refractivity contribution in [3.05, 3.63) is 35.4 Å². The van der Waals surface area contributed by atoms with E-state index in [9.17, 15) is 9.36 Å². The maximum Gasteiger partial charge on any atom is 0.329 e. The van der Waals surface area contributed by atoms with Crippen LogP contribution in [0.4, 0.5) is 0 Å². The highest BCUT2D eigenvalue weighted by Gasteiger charge is 2.19. The Morgan fingerprint density at radius 2 is 1.78 bits per heavy atom. The third kappa shape index (κ3) is 5.62. The molecule has 0 fully saturated rings. The number of aliphatic carboxylic acids is 1. The van der Waals surface area contributed by atoms with E-state index in [1.165, 1.54) is 0 Å². The molecule has 102 valence electrons. The summed E-state index contributed by atoms with van der Waals surface area (Å²) in [6, 6.07) is 5.41. The molecular formula is C10H15ClNO5P. The minimum atomic E-state index is -4.17. The highest BCUT2D eigenvalue weighted by molar-refractivity contribution is 7.50. The Bertz CT molecular complexity index is 461. The van der Waals surface area contributed by atoms with Crippen molar-refractivity contribution in [3.63, 3.8) is 0 Å². The van der Waals surface area contributed by atoms with Crippen molar-refractivity contribution in [2.45, 2.75) is 18.6 Å². The number of benzene rings is 1. The van der Waals surface area contributed by atoms with Crippen molar-refractivity contribution >= 4 is 26.0 Å². The number of carboxylic acid groups (broad SMARTS) is 1. The fourth-order valence-electron chi connectivity index (χ4n) is 1.46. The summed E-state index contributed by atoms with van der Waals surface area (Å²) in [7, 11) is -4.17. The molecule has 8 heteroatoms. The van der Waals surface area contributed by atoms with Crippen molar-refractivity contribution in [1.29, 1.82) is 0 Å². The summed E-state index contributed by atoms with van der Waals surface area (Å²) in [5, 5.41) is 8.69. The van der Waals surface area contributed by atoms with Gasteiger partial charge in [0.05, 0.1) is 6.16 Å². The Morgan fingerprint density at radius 3 is 2.22 bits per heavy atom. The van der Waals surface area contributed by atoms with Crippen LogP contribution in [0, 0.1) is 0 Å². The molecule has 6 nitrogen and oxygen atoms in total. The summed E-state index contributed by atoms with van der Waals surface area (Å²) >= 11 is 0. The lowest BCUT2D eigenvalue weighted by atomic mass is 10.0. The number of halogens is 1. The van der Waals surface area contributed by atoms with Gasteiger partial charge in [-0.05, 0) is 17.5 Å². The molecule has 1 aromatic rings. The number of nitrogens with two attached hydrogens (primary N) is 1. The molecule has 0 aliphatic heterocycles. The van der Waals surface area contributed by atoms with Gasteiger partial charge in [0.15, 0.2) is 0 Å². The lowest BCUT2D eigenvalue weighted by Crippen LogP contribution is -2.32. The summed E-state index contributed by atoms with van der Waals surface area (Å²) in [5.74, 6) is -1.14. The van der Waals surface area contributed by atoms with E-state index in [1.54, 1.807) is 24.3 Å². The fraction of sp³-hybridized carbons (Fsp3) is 0.300. The van der Waals surface area contributed by atoms with E-state index in [2.05, 4.69) is 0 Å². The van der Waals surface area contributed by atoms with Crippen molar-refractivity contribution in [3.8, 4) is 0 Å². The molecule has 0 aromatic heterocycles. The Balaban J connectivity index is 0.00000289. The van der Waals surface area contributed by atoms with E-state index < -0.39 is 25.8 Å². The minimum Gasteiger partial charge on any atom is -0.480 e. The zero-order chi connectivity index (χ0) is 13.1. The molecule has 0 spiro atoms. The smallest absolute Gasteiger partial charge is 0.329 e. The van der Waals surface area contributed by atoms with Gasteiger partial charge in [0.25, 0.3) is 0 Å². The largest absolute Gasteiger partial charge is 0.480 e. The maximum atomic E-state index is 10.9. The quantitative estimate of drug-likeness (QED) is 0.595. The standard InChI is InChI=1S/C10H14NO5P.ClH/c11-9(10(12)13)5-7-3-1-2-4-8(7)6-17(14,15)16;/h1-4,9H,5-6,11H2,(H,12,13)(H2,14,15,16);1H. The Hall–Kier alpha value is -0.910. The summed E-state index contributed by atoms with van der Waals surface area (Å²) < 4.78 is 10.9. The highest BCUT2D eigenvalue weighted by Crippen LogP contribution is 2.39. The Labute approximate surface area is 110 Å². The molecule has 18 heavy (non-hydrogen) atoms. The van der Waals surface area contributed by atoms with Gasteiger partial charge in [-0.1, -0.05) is 24.3 Å². The van der Waals surface area contributed by atoms with E-state index in [4.69, 9.17) is 20.6 Å². The fourth-order valence-corrected chi connectivity index (χ4v) is 2.21. The van der Waals surface area contributed by atoms with Crippen LogP contribution in [0.5, 0.6) is 0 Å². The van der Waals surface area contributed by atoms with Crippen LogP contribution < -0.4 is 5.73 Å². The van der Waals surface area contributed by atoms with Crippen LogP contribution >= 0.6 is 20.0 Å². The van der Waals surface area contributed by atoms with Gasteiger partial charge in [0.2, 0.25) is 0 Å². The zero-order valence-electron chi connectivity index (χ0n) is 9.39. The van der Waals surface area contributed by atoms with Crippen LogP contribution in [0.15, 0.2) is 24.3 Å². The molecule has 0 aliphatic rings. The van der Waals surface area contributed by atoms with E-state index in [1.807, 2.05) is 0 Å². The monoisotopic (exact) mass is 295 g/mol. The summed E-state index contributed by atoms with van der Waals surface area (Å²) in [5.41, 5.74) is 6.36. The molecule has 0 saturated carbocycles. The van der Waals surface area contributed by atoms with Crippen LogP contribution in [0.1, 0.15) is 11.1 Å². The second-order valence-electron chi connectivity index (χ2n) is 3.74. The van der Waals surface area contributed by atoms with Gasteiger partial charge >= 0.3 is 13.6 Å². The number of carboxylic acids is 1. The lowest BCUT2D eigenvalue weighted by Gasteiger charge is -2.12. The van der Waals surface area contributed by atoms with Gasteiger partial charge in [-0.25, -0.2) is 0 Å². The molecule has 1 aromatic carbocycles. The molecule has 0 bridgehead atoms. The van der Waals surface area contributed by atoms with Gasteiger partial charge < -0.3 is 20.6 Å². The average Bonchev–Trinajstić information content (AvgIpc) is 2.18. The van der Waals surface area contributed by atoms with Crippen LogP contribution in [-0.2, 0) is 21.9 Å². The zero-order valence-corrected chi connectivity index (χ0v) is 11.1.